The molecule has 4 heterocycles. The molecule has 4 aromatic heterocycles. The van der Waals surface area contributed by atoms with Crippen LogP contribution in [-0.4, -0.2) is 30.1 Å². The van der Waals surface area contributed by atoms with Crippen molar-refractivity contribution < 1.29 is 0 Å². The average molecular weight is 360 g/mol. The Bertz CT molecular complexity index is 1080. The van der Waals surface area contributed by atoms with Crippen LogP contribution < -0.4 is 10.6 Å². The summed E-state index contributed by atoms with van der Waals surface area (Å²) in [4.78, 5) is 16.7. The number of aromatic amines is 2. The number of pyridine rings is 1. The van der Waals surface area contributed by atoms with Crippen LogP contribution in [0.15, 0.2) is 42.7 Å². The first-order chi connectivity index (χ1) is 13.2. The Balaban J connectivity index is 1.30. The molecule has 27 heavy (non-hydrogen) atoms. The van der Waals surface area contributed by atoms with E-state index in [0.717, 1.165) is 22.5 Å². The lowest BCUT2D eigenvalue weighted by molar-refractivity contribution is 0.828. The van der Waals surface area contributed by atoms with Crippen molar-refractivity contribution in [2.75, 3.05) is 10.6 Å². The van der Waals surface area contributed by atoms with Gasteiger partial charge in [0.1, 0.15) is 5.82 Å². The van der Waals surface area contributed by atoms with Crippen LogP contribution in [0, 0.1) is 0 Å². The van der Waals surface area contributed by atoms with E-state index in [1.165, 1.54) is 18.5 Å². The summed E-state index contributed by atoms with van der Waals surface area (Å²) in [7, 11) is 0. The summed E-state index contributed by atoms with van der Waals surface area (Å²) in [6.07, 6.45) is 6.09. The molecule has 1 fully saturated rings. The van der Waals surface area contributed by atoms with Crippen molar-refractivity contribution in [3.63, 3.8) is 0 Å². The number of anilines is 3. The third-order valence-electron chi connectivity index (χ3n) is 4.74. The molecule has 0 bridgehead atoms. The molecule has 0 saturated heterocycles. The van der Waals surface area contributed by atoms with Crippen molar-refractivity contribution in [3.8, 4) is 0 Å². The first kappa shape index (κ1) is 15.8. The molecular formula is C19H20N8. The van der Waals surface area contributed by atoms with Gasteiger partial charge in [0.05, 0.1) is 22.8 Å². The normalized spacial score (nSPS) is 15.0. The molecule has 4 N–H and O–H groups in total. The summed E-state index contributed by atoms with van der Waals surface area (Å²) in [5.74, 6) is 2.65. The number of H-pyrrole nitrogens is 2. The molecule has 8 nitrogen and oxygen atoms in total. The predicted octanol–water partition coefficient (Wildman–Crippen LogP) is 3.87. The second kappa shape index (κ2) is 6.39. The molecule has 4 aromatic rings. The molecule has 0 amide bonds. The molecule has 1 saturated carbocycles. The van der Waals surface area contributed by atoms with E-state index < -0.39 is 0 Å². The number of nitrogens with zero attached hydrogens (tertiary/aromatic N) is 4. The van der Waals surface area contributed by atoms with Gasteiger partial charge in [-0.05, 0) is 44.0 Å². The highest BCUT2D eigenvalue weighted by Gasteiger charge is 2.25. The van der Waals surface area contributed by atoms with E-state index in [1.807, 2.05) is 43.5 Å². The molecule has 8 heteroatoms. The lowest BCUT2D eigenvalue weighted by Gasteiger charge is -2.14. The minimum absolute atomic E-state index is 0.0218. The van der Waals surface area contributed by atoms with Crippen LogP contribution in [0.2, 0.25) is 0 Å². The standard InChI is InChI=1S/C19H20N8/c1-11(13-4-5-14-15(23-13)6-8-20-14)22-19-21-9-7-17(25-19)24-18-10-16(26-27-18)12-2-3-12/h4-12,20H,2-3H2,1H3,(H3,21,22,24,25,26,27). The first-order valence-electron chi connectivity index (χ1n) is 9.10. The summed E-state index contributed by atoms with van der Waals surface area (Å²) < 4.78 is 0. The minimum Gasteiger partial charge on any atom is -0.360 e. The van der Waals surface area contributed by atoms with Crippen molar-refractivity contribution in [3.05, 3.63) is 54.1 Å². The van der Waals surface area contributed by atoms with Crippen LogP contribution >= 0.6 is 0 Å². The van der Waals surface area contributed by atoms with Gasteiger partial charge in [0, 0.05) is 30.1 Å². The lowest BCUT2D eigenvalue weighted by atomic mass is 10.2. The van der Waals surface area contributed by atoms with Crippen LogP contribution in [0.1, 0.15) is 43.1 Å². The van der Waals surface area contributed by atoms with Gasteiger partial charge in [-0.25, -0.2) is 9.97 Å². The van der Waals surface area contributed by atoms with Gasteiger partial charge in [0.15, 0.2) is 5.82 Å². The zero-order valence-corrected chi connectivity index (χ0v) is 14.9. The molecule has 5 rings (SSSR count). The average Bonchev–Trinajstić information content (AvgIpc) is 3.23. The van der Waals surface area contributed by atoms with Crippen LogP contribution in [0.5, 0.6) is 0 Å². The highest BCUT2D eigenvalue weighted by atomic mass is 15.2. The summed E-state index contributed by atoms with van der Waals surface area (Å²) in [6.45, 7) is 2.04. The van der Waals surface area contributed by atoms with E-state index in [9.17, 15) is 0 Å². The maximum Gasteiger partial charge on any atom is 0.225 e. The van der Waals surface area contributed by atoms with Gasteiger partial charge < -0.3 is 15.6 Å². The van der Waals surface area contributed by atoms with E-state index >= 15 is 0 Å². The second-order valence-electron chi connectivity index (χ2n) is 6.89. The van der Waals surface area contributed by atoms with E-state index in [0.29, 0.717) is 17.7 Å². The fraction of sp³-hybridized carbons (Fsp3) is 0.263. The van der Waals surface area contributed by atoms with Crippen LogP contribution in [0.4, 0.5) is 17.6 Å². The van der Waals surface area contributed by atoms with Gasteiger partial charge in [-0.2, -0.15) is 10.1 Å². The van der Waals surface area contributed by atoms with Gasteiger partial charge in [0.25, 0.3) is 0 Å². The highest BCUT2D eigenvalue weighted by molar-refractivity contribution is 5.74. The summed E-state index contributed by atoms with van der Waals surface area (Å²) in [5, 5.41) is 13.9. The number of aromatic nitrogens is 6. The van der Waals surface area contributed by atoms with Gasteiger partial charge in [-0.15, -0.1) is 0 Å². The second-order valence-corrected chi connectivity index (χ2v) is 6.89. The quantitative estimate of drug-likeness (QED) is 0.416. The molecule has 0 aromatic carbocycles. The van der Waals surface area contributed by atoms with Crippen LogP contribution in [0.3, 0.4) is 0 Å². The van der Waals surface area contributed by atoms with E-state index in [-0.39, 0.29) is 6.04 Å². The third kappa shape index (κ3) is 3.33. The van der Waals surface area contributed by atoms with Crippen molar-refractivity contribution in [1.82, 2.24) is 30.1 Å². The molecule has 1 aliphatic rings. The van der Waals surface area contributed by atoms with Gasteiger partial charge in [-0.1, -0.05) is 0 Å². The molecule has 0 aliphatic heterocycles. The first-order valence-corrected chi connectivity index (χ1v) is 9.10. The smallest absolute Gasteiger partial charge is 0.225 e. The Morgan fingerprint density at radius 3 is 2.93 bits per heavy atom. The predicted molar refractivity (Wildman–Crippen MR) is 104 cm³/mol. The lowest BCUT2D eigenvalue weighted by Crippen LogP contribution is -2.11. The number of rotatable bonds is 6. The summed E-state index contributed by atoms with van der Waals surface area (Å²) >= 11 is 0. The molecular weight excluding hydrogens is 340 g/mol. The van der Waals surface area contributed by atoms with Crippen LogP contribution in [0.25, 0.3) is 11.0 Å². The Morgan fingerprint density at radius 2 is 2.04 bits per heavy atom. The summed E-state index contributed by atoms with van der Waals surface area (Å²) in [6, 6.07) is 9.85. The maximum atomic E-state index is 4.67. The van der Waals surface area contributed by atoms with E-state index in [1.54, 1.807) is 6.20 Å². The largest absolute Gasteiger partial charge is 0.360 e. The van der Waals surface area contributed by atoms with Crippen molar-refractivity contribution >= 4 is 28.6 Å². The Hall–Kier alpha value is -3.42. The van der Waals surface area contributed by atoms with Crippen molar-refractivity contribution in [2.45, 2.75) is 31.7 Å². The topological polar surface area (TPSA) is 107 Å². The molecule has 0 spiro atoms. The highest BCUT2D eigenvalue weighted by Crippen LogP contribution is 2.39. The summed E-state index contributed by atoms with van der Waals surface area (Å²) in [5.41, 5.74) is 4.09. The van der Waals surface area contributed by atoms with Crippen molar-refractivity contribution in [1.29, 1.82) is 0 Å². The molecule has 1 atom stereocenters. The molecule has 0 radical (unpaired) electrons. The number of hydrogen-bond donors (Lipinski definition) is 4. The molecule has 136 valence electrons. The SMILES string of the molecule is CC(Nc1nccc(Nc2cc(C3CC3)[nH]n2)n1)c1ccc2[nH]ccc2n1. The fourth-order valence-electron chi connectivity index (χ4n) is 3.09. The maximum absolute atomic E-state index is 4.67. The van der Waals surface area contributed by atoms with E-state index in [2.05, 4.69) is 40.8 Å². The third-order valence-corrected chi connectivity index (χ3v) is 4.74. The van der Waals surface area contributed by atoms with Crippen LogP contribution in [-0.2, 0) is 0 Å². The zero-order chi connectivity index (χ0) is 18.2. The van der Waals surface area contributed by atoms with E-state index in [4.69, 9.17) is 0 Å². The van der Waals surface area contributed by atoms with Gasteiger partial charge >= 0.3 is 0 Å². The zero-order valence-electron chi connectivity index (χ0n) is 14.9. The number of fused-ring (bicyclic) bond motifs is 1. The molecule has 1 aliphatic carbocycles. The Kier molecular flexibility index (Phi) is 3.74. The van der Waals surface area contributed by atoms with Crippen molar-refractivity contribution in [2.24, 2.45) is 0 Å². The van der Waals surface area contributed by atoms with Gasteiger partial charge in [0.2, 0.25) is 5.95 Å². The fourth-order valence-corrected chi connectivity index (χ4v) is 3.09. The Labute approximate surface area is 155 Å². The Morgan fingerprint density at radius 1 is 1.11 bits per heavy atom. The minimum atomic E-state index is -0.0218. The molecule has 1 unspecified atom stereocenters. The number of nitrogens with one attached hydrogen (secondary N) is 4. The number of hydrogen-bond acceptors (Lipinski definition) is 6. The van der Waals surface area contributed by atoms with Gasteiger partial charge in [-0.3, -0.25) is 5.10 Å². The monoisotopic (exact) mass is 360 g/mol.